The van der Waals surface area contributed by atoms with Gasteiger partial charge in [-0.15, -0.1) is 0 Å². The summed E-state index contributed by atoms with van der Waals surface area (Å²) in [7, 11) is 0. The fourth-order valence-corrected chi connectivity index (χ4v) is 2.58. The zero-order chi connectivity index (χ0) is 14.2. The van der Waals surface area contributed by atoms with Gasteiger partial charge in [-0.2, -0.15) is 0 Å². The van der Waals surface area contributed by atoms with E-state index >= 15 is 0 Å². The van der Waals surface area contributed by atoms with Gasteiger partial charge in [0.25, 0.3) is 0 Å². The molecule has 5 heteroatoms. The molecule has 4 N–H and O–H groups in total. The van der Waals surface area contributed by atoms with E-state index in [2.05, 4.69) is 15.6 Å². The first-order valence-electron chi connectivity index (χ1n) is 7.50. The minimum atomic E-state index is -0.224. The highest BCUT2D eigenvalue weighted by atomic mass is 16.1. The smallest absolute Gasteiger partial charge is 0.239 e. The van der Waals surface area contributed by atoms with Crippen LogP contribution >= 0.6 is 0 Å². The third-order valence-electron chi connectivity index (χ3n) is 3.69. The Kier molecular flexibility index (Phi) is 5.80. The number of nitrogens with one attached hydrogen (secondary N) is 2. The molecule has 0 unspecified atom stereocenters. The molecule has 1 aromatic rings. The lowest BCUT2D eigenvalue weighted by Gasteiger charge is -2.22. The van der Waals surface area contributed by atoms with Gasteiger partial charge in [-0.05, 0) is 25.0 Å². The molecule has 5 nitrogen and oxygen atoms in total. The number of hydrogen-bond acceptors (Lipinski definition) is 4. The average Bonchev–Trinajstić information content (AvgIpc) is 2.43. The fourth-order valence-electron chi connectivity index (χ4n) is 2.58. The van der Waals surface area contributed by atoms with E-state index in [4.69, 9.17) is 5.73 Å². The zero-order valence-electron chi connectivity index (χ0n) is 11.9. The number of rotatable bonds is 4. The van der Waals surface area contributed by atoms with Crippen LogP contribution in [0.4, 0.5) is 11.5 Å². The number of carbonyl (C=O) groups is 1. The lowest BCUT2D eigenvalue weighted by Crippen LogP contribution is -2.23. The van der Waals surface area contributed by atoms with E-state index in [1.165, 1.54) is 44.9 Å². The number of nitrogens with two attached hydrogens (primary N) is 1. The lowest BCUT2D eigenvalue weighted by atomic mass is 9.96. The number of anilines is 2. The van der Waals surface area contributed by atoms with E-state index in [0.717, 1.165) is 5.69 Å². The van der Waals surface area contributed by atoms with Gasteiger partial charge in [-0.3, -0.25) is 4.79 Å². The van der Waals surface area contributed by atoms with Crippen molar-refractivity contribution in [1.82, 2.24) is 4.98 Å². The Labute approximate surface area is 120 Å². The first-order valence-corrected chi connectivity index (χ1v) is 7.50. The minimum absolute atomic E-state index is 0.0241. The fraction of sp³-hybridized carbons (Fsp3) is 0.600. The molecule has 1 fully saturated rings. The highest BCUT2D eigenvalue weighted by molar-refractivity contribution is 5.91. The summed E-state index contributed by atoms with van der Waals surface area (Å²) in [6.45, 7) is -0.0241. The summed E-state index contributed by atoms with van der Waals surface area (Å²) in [6, 6.07) is 4.30. The summed E-state index contributed by atoms with van der Waals surface area (Å²) >= 11 is 0. The van der Waals surface area contributed by atoms with Gasteiger partial charge < -0.3 is 16.4 Å². The Morgan fingerprint density at radius 2 is 1.90 bits per heavy atom. The second-order valence-electron chi connectivity index (χ2n) is 5.37. The molecule has 20 heavy (non-hydrogen) atoms. The lowest BCUT2D eigenvalue weighted by molar-refractivity contribution is -0.114. The molecule has 1 aliphatic rings. The maximum atomic E-state index is 11.2. The maximum Gasteiger partial charge on any atom is 0.239 e. The van der Waals surface area contributed by atoms with Gasteiger partial charge in [-0.1, -0.05) is 32.1 Å². The molecule has 110 valence electrons. The van der Waals surface area contributed by atoms with Gasteiger partial charge in [0.15, 0.2) is 0 Å². The van der Waals surface area contributed by atoms with Gasteiger partial charge in [0.1, 0.15) is 5.82 Å². The van der Waals surface area contributed by atoms with Crippen LogP contribution in [0.3, 0.4) is 0 Å². The van der Waals surface area contributed by atoms with E-state index < -0.39 is 0 Å². The van der Waals surface area contributed by atoms with Gasteiger partial charge in [0.2, 0.25) is 5.91 Å². The number of hydrogen-bond donors (Lipinski definition) is 3. The Morgan fingerprint density at radius 3 is 2.50 bits per heavy atom. The molecule has 1 saturated carbocycles. The molecule has 0 spiro atoms. The highest BCUT2D eigenvalue weighted by Gasteiger charge is 2.11. The Hall–Kier alpha value is -1.62. The van der Waals surface area contributed by atoms with Crippen LogP contribution in [0.2, 0.25) is 0 Å². The molecular weight excluding hydrogens is 252 g/mol. The van der Waals surface area contributed by atoms with Crippen LogP contribution in [0.15, 0.2) is 18.3 Å². The number of pyridine rings is 1. The van der Waals surface area contributed by atoms with Crippen molar-refractivity contribution >= 4 is 17.4 Å². The van der Waals surface area contributed by atoms with Crippen molar-refractivity contribution < 1.29 is 4.79 Å². The van der Waals surface area contributed by atoms with Crippen LogP contribution in [-0.2, 0) is 4.79 Å². The van der Waals surface area contributed by atoms with Crippen molar-refractivity contribution in [3.05, 3.63) is 18.3 Å². The van der Waals surface area contributed by atoms with Gasteiger partial charge >= 0.3 is 0 Å². The standard InChI is InChI=1S/C15H24N4O/c16-10-15(20)19-14-9-8-13(11-17-14)18-12-6-4-2-1-3-5-7-12/h8-9,11-12,18H,1-7,10,16H2,(H,17,19,20). The molecule has 1 heterocycles. The summed E-state index contributed by atoms with van der Waals surface area (Å²) in [5.41, 5.74) is 6.26. The van der Waals surface area contributed by atoms with Crippen LogP contribution in [0.1, 0.15) is 44.9 Å². The molecule has 0 atom stereocenters. The first-order chi connectivity index (χ1) is 9.78. The van der Waals surface area contributed by atoms with Gasteiger partial charge in [0, 0.05) is 6.04 Å². The van der Waals surface area contributed by atoms with E-state index in [1.54, 1.807) is 12.3 Å². The summed E-state index contributed by atoms with van der Waals surface area (Å²) in [5.74, 6) is 0.321. The zero-order valence-corrected chi connectivity index (χ0v) is 11.9. The third kappa shape index (κ3) is 4.81. The van der Waals surface area contributed by atoms with Crippen LogP contribution < -0.4 is 16.4 Å². The number of aromatic nitrogens is 1. The summed E-state index contributed by atoms with van der Waals surface area (Å²) in [6.07, 6.45) is 10.9. The molecule has 0 aliphatic heterocycles. The van der Waals surface area contributed by atoms with Crippen LogP contribution in [0, 0.1) is 0 Å². The van der Waals surface area contributed by atoms with Crippen LogP contribution in [-0.4, -0.2) is 23.5 Å². The normalized spacial score (nSPS) is 17.1. The first kappa shape index (κ1) is 14.8. The SMILES string of the molecule is NCC(=O)Nc1ccc(NC2CCCCCCC2)cn1. The maximum absolute atomic E-state index is 11.2. The van der Waals surface area contributed by atoms with E-state index in [1.807, 2.05) is 6.07 Å². The van der Waals surface area contributed by atoms with Crippen molar-refractivity contribution in [1.29, 1.82) is 0 Å². The second-order valence-corrected chi connectivity index (χ2v) is 5.37. The molecular formula is C15H24N4O. The Balaban J connectivity index is 1.87. The Bertz CT molecular complexity index is 410. The number of amides is 1. The molecule has 1 aliphatic carbocycles. The van der Waals surface area contributed by atoms with Gasteiger partial charge in [0.05, 0.1) is 18.4 Å². The number of carbonyl (C=O) groups excluding carboxylic acids is 1. The molecule has 1 aromatic heterocycles. The number of nitrogens with zero attached hydrogens (tertiary/aromatic N) is 1. The van der Waals surface area contributed by atoms with Crippen LogP contribution in [0.25, 0.3) is 0 Å². The predicted octanol–water partition coefficient (Wildman–Crippen LogP) is 2.50. The molecule has 0 radical (unpaired) electrons. The molecule has 0 bridgehead atoms. The van der Waals surface area contributed by atoms with Crippen molar-refractivity contribution in [2.45, 2.75) is 51.0 Å². The Morgan fingerprint density at radius 1 is 1.20 bits per heavy atom. The molecule has 2 rings (SSSR count). The van der Waals surface area contributed by atoms with Crippen molar-refractivity contribution in [2.75, 3.05) is 17.2 Å². The van der Waals surface area contributed by atoms with Crippen LogP contribution in [0.5, 0.6) is 0 Å². The molecule has 0 aromatic carbocycles. The van der Waals surface area contributed by atoms with E-state index in [9.17, 15) is 4.79 Å². The third-order valence-corrected chi connectivity index (χ3v) is 3.69. The summed E-state index contributed by atoms with van der Waals surface area (Å²) in [4.78, 5) is 15.4. The highest BCUT2D eigenvalue weighted by Crippen LogP contribution is 2.20. The summed E-state index contributed by atoms with van der Waals surface area (Å²) < 4.78 is 0. The quantitative estimate of drug-likeness (QED) is 0.789. The second kappa shape index (κ2) is 7.85. The van der Waals surface area contributed by atoms with E-state index in [0.29, 0.717) is 11.9 Å². The molecule has 1 amide bonds. The van der Waals surface area contributed by atoms with Gasteiger partial charge in [-0.25, -0.2) is 4.98 Å². The predicted molar refractivity (Wildman–Crippen MR) is 81.7 cm³/mol. The summed E-state index contributed by atoms with van der Waals surface area (Å²) in [5, 5.41) is 6.18. The minimum Gasteiger partial charge on any atom is -0.381 e. The van der Waals surface area contributed by atoms with E-state index in [-0.39, 0.29) is 12.5 Å². The van der Waals surface area contributed by atoms with Crippen molar-refractivity contribution in [3.63, 3.8) is 0 Å². The topological polar surface area (TPSA) is 80.0 Å². The van der Waals surface area contributed by atoms with Crippen molar-refractivity contribution in [2.24, 2.45) is 5.73 Å². The average molecular weight is 276 g/mol. The monoisotopic (exact) mass is 276 g/mol. The van der Waals surface area contributed by atoms with Crippen molar-refractivity contribution in [3.8, 4) is 0 Å². The largest absolute Gasteiger partial charge is 0.381 e. The molecule has 0 saturated heterocycles.